The van der Waals surface area contributed by atoms with Gasteiger partial charge in [-0.2, -0.15) is 0 Å². The van der Waals surface area contributed by atoms with Crippen molar-refractivity contribution < 1.29 is 0 Å². The Morgan fingerprint density at radius 3 is 2.63 bits per heavy atom. The Balaban J connectivity index is 2.25. The normalized spacial score (nSPS) is 12.4. The molecule has 0 bridgehead atoms. The number of rotatable bonds is 4. The third-order valence-electron chi connectivity index (χ3n) is 3.08. The SMILES string of the molecule is CNC(Cc1cncc(Br)c1)c1ccc(C)cc1Br. The van der Waals surface area contributed by atoms with Crippen LogP contribution < -0.4 is 5.32 Å². The van der Waals surface area contributed by atoms with Crippen LogP contribution in [0.1, 0.15) is 22.7 Å². The minimum Gasteiger partial charge on any atom is -0.313 e. The largest absolute Gasteiger partial charge is 0.313 e. The van der Waals surface area contributed by atoms with Gasteiger partial charge in [-0.15, -0.1) is 0 Å². The second-order valence-electron chi connectivity index (χ2n) is 4.58. The van der Waals surface area contributed by atoms with Crippen LogP contribution in [0.25, 0.3) is 0 Å². The zero-order valence-corrected chi connectivity index (χ0v) is 14.1. The summed E-state index contributed by atoms with van der Waals surface area (Å²) in [6, 6.07) is 8.85. The molecule has 0 saturated carbocycles. The van der Waals surface area contributed by atoms with E-state index in [2.05, 4.69) is 73.3 Å². The topological polar surface area (TPSA) is 24.9 Å². The minimum absolute atomic E-state index is 0.270. The number of nitrogens with one attached hydrogen (secondary N) is 1. The average molecular weight is 384 g/mol. The highest BCUT2D eigenvalue weighted by Crippen LogP contribution is 2.27. The molecule has 2 rings (SSSR count). The number of aromatic nitrogens is 1. The molecule has 100 valence electrons. The molecule has 1 N–H and O–H groups in total. The van der Waals surface area contributed by atoms with E-state index >= 15 is 0 Å². The van der Waals surface area contributed by atoms with Crippen molar-refractivity contribution in [1.29, 1.82) is 0 Å². The quantitative estimate of drug-likeness (QED) is 0.845. The van der Waals surface area contributed by atoms with Crippen LogP contribution in [0.3, 0.4) is 0 Å². The molecule has 0 saturated heterocycles. The lowest BCUT2D eigenvalue weighted by molar-refractivity contribution is 0.588. The van der Waals surface area contributed by atoms with Crippen LogP contribution in [0.5, 0.6) is 0 Å². The summed E-state index contributed by atoms with van der Waals surface area (Å²) in [5, 5.41) is 3.37. The zero-order valence-electron chi connectivity index (χ0n) is 11.0. The molecule has 0 aliphatic heterocycles. The highest BCUT2D eigenvalue weighted by atomic mass is 79.9. The molecule has 0 spiro atoms. The van der Waals surface area contributed by atoms with Crippen molar-refractivity contribution >= 4 is 31.9 Å². The summed E-state index contributed by atoms with van der Waals surface area (Å²) < 4.78 is 2.16. The van der Waals surface area contributed by atoms with Crippen molar-refractivity contribution in [2.75, 3.05) is 7.05 Å². The van der Waals surface area contributed by atoms with Crippen LogP contribution in [0.2, 0.25) is 0 Å². The van der Waals surface area contributed by atoms with Gasteiger partial charge in [-0.25, -0.2) is 0 Å². The predicted molar refractivity (Wildman–Crippen MR) is 86.3 cm³/mol. The van der Waals surface area contributed by atoms with Gasteiger partial charge < -0.3 is 5.32 Å². The van der Waals surface area contributed by atoms with Crippen molar-refractivity contribution in [1.82, 2.24) is 10.3 Å². The Hall–Kier alpha value is -0.710. The molecule has 1 atom stereocenters. The Bertz CT molecular complexity index is 570. The minimum atomic E-state index is 0.270. The van der Waals surface area contributed by atoms with Gasteiger partial charge in [0, 0.05) is 27.4 Å². The lowest BCUT2D eigenvalue weighted by Gasteiger charge is -2.18. The van der Waals surface area contributed by atoms with Gasteiger partial charge in [-0.1, -0.05) is 28.1 Å². The molecule has 1 heterocycles. The molecule has 0 fully saturated rings. The first-order valence-corrected chi connectivity index (χ1v) is 7.71. The second-order valence-corrected chi connectivity index (χ2v) is 6.35. The number of aryl methyl sites for hydroxylation is 1. The number of benzene rings is 1. The summed E-state index contributed by atoms with van der Waals surface area (Å²) in [4.78, 5) is 4.22. The highest BCUT2D eigenvalue weighted by Gasteiger charge is 2.13. The van der Waals surface area contributed by atoms with Crippen molar-refractivity contribution in [2.45, 2.75) is 19.4 Å². The molecule has 2 aromatic rings. The van der Waals surface area contributed by atoms with Crippen molar-refractivity contribution in [3.05, 3.63) is 62.3 Å². The van der Waals surface area contributed by atoms with Gasteiger partial charge in [0.15, 0.2) is 0 Å². The Morgan fingerprint density at radius 2 is 2.00 bits per heavy atom. The molecule has 0 aliphatic rings. The second kappa shape index (κ2) is 6.64. The van der Waals surface area contributed by atoms with E-state index in [4.69, 9.17) is 0 Å². The van der Waals surface area contributed by atoms with Gasteiger partial charge in [0.05, 0.1) is 0 Å². The first kappa shape index (κ1) is 14.7. The van der Waals surface area contributed by atoms with Crippen LogP contribution >= 0.6 is 31.9 Å². The Morgan fingerprint density at radius 1 is 1.21 bits per heavy atom. The highest BCUT2D eigenvalue weighted by molar-refractivity contribution is 9.10. The lowest BCUT2D eigenvalue weighted by atomic mass is 9.99. The molecule has 0 aliphatic carbocycles. The van der Waals surface area contributed by atoms with Crippen molar-refractivity contribution in [3.63, 3.8) is 0 Å². The van der Waals surface area contributed by atoms with E-state index in [0.717, 1.165) is 15.4 Å². The van der Waals surface area contributed by atoms with Crippen LogP contribution in [0, 0.1) is 6.92 Å². The molecule has 1 unspecified atom stereocenters. The van der Waals surface area contributed by atoms with Crippen LogP contribution in [-0.2, 0) is 6.42 Å². The number of halogens is 2. The fraction of sp³-hybridized carbons (Fsp3) is 0.267. The van der Waals surface area contributed by atoms with E-state index in [9.17, 15) is 0 Å². The average Bonchev–Trinajstić information content (AvgIpc) is 2.37. The van der Waals surface area contributed by atoms with Gasteiger partial charge in [-0.05, 0) is 65.1 Å². The molecule has 2 nitrogen and oxygen atoms in total. The van der Waals surface area contributed by atoms with Gasteiger partial charge in [0.1, 0.15) is 0 Å². The van der Waals surface area contributed by atoms with E-state index < -0.39 is 0 Å². The van der Waals surface area contributed by atoms with Gasteiger partial charge in [-0.3, -0.25) is 4.98 Å². The molecule has 0 amide bonds. The predicted octanol–water partition coefficient (Wildman–Crippen LogP) is 4.42. The van der Waals surface area contributed by atoms with Gasteiger partial charge >= 0.3 is 0 Å². The molecule has 1 aromatic heterocycles. The first-order chi connectivity index (χ1) is 9.10. The molecule has 4 heteroatoms. The standard InChI is InChI=1S/C15H16Br2N2/c1-10-3-4-13(14(17)5-10)15(18-2)7-11-6-12(16)9-19-8-11/h3-6,8-9,15,18H,7H2,1-2H3. The van der Waals surface area contributed by atoms with E-state index in [1.54, 1.807) is 6.20 Å². The molecule has 0 radical (unpaired) electrons. The maximum Gasteiger partial charge on any atom is 0.0410 e. The molecule has 19 heavy (non-hydrogen) atoms. The van der Waals surface area contributed by atoms with Gasteiger partial charge in [0.25, 0.3) is 0 Å². The fourth-order valence-corrected chi connectivity index (χ4v) is 3.27. The van der Waals surface area contributed by atoms with Gasteiger partial charge in [0.2, 0.25) is 0 Å². The molecular formula is C15H16Br2N2. The summed E-state index contributed by atoms with van der Waals surface area (Å²) in [5.74, 6) is 0. The number of likely N-dealkylation sites (N-methyl/N-ethyl adjacent to an activating group) is 1. The zero-order chi connectivity index (χ0) is 13.8. The number of hydrogen-bond donors (Lipinski definition) is 1. The smallest absolute Gasteiger partial charge is 0.0410 e. The molecular weight excluding hydrogens is 368 g/mol. The molecule has 1 aromatic carbocycles. The van der Waals surface area contributed by atoms with Crippen molar-refractivity contribution in [3.8, 4) is 0 Å². The van der Waals surface area contributed by atoms with Crippen LogP contribution in [0.4, 0.5) is 0 Å². The number of hydrogen-bond acceptors (Lipinski definition) is 2. The summed E-state index contributed by atoms with van der Waals surface area (Å²) in [6.45, 7) is 2.10. The lowest BCUT2D eigenvalue weighted by Crippen LogP contribution is -2.19. The van der Waals surface area contributed by atoms with E-state index in [1.165, 1.54) is 16.7 Å². The maximum atomic E-state index is 4.22. The maximum absolute atomic E-state index is 4.22. The Labute approximate surface area is 130 Å². The van der Waals surface area contributed by atoms with Crippen LogP contribution in [-0.4, -0.2) is 12.0 Å². The summed E-state index contributed by atoms with van der Waals surface area (Å²) in [6.07, 6.45) is 4.63. The number of pyridine rings is 1. The third kappa shape index (κ3) is 3.88. The summed E-state index contributed by atoms with van der Waals surface area (Å²) in [5.41, 5.74) is 3.74. The summed E-state index contributed by atoms with van der Waals surface area (Å²) in [7, 11) is 1.99. The fourth-order valence-electron chi connectivity index (χ4n) is 2.09. The third-order valence-corrected chi connectivity index (χ3v) is 4.20. The summed E-state index contributed by atoms with van der Waals surface area (Å²) >= 11 is 7.11. The first-order valence-electron chi connectivity index (χ1n) is 6.13. The van der Waals surface area contributed by atoms with E-state index in [0.29, 0.717) is 0 Å². The van der Waals surface area contributed by atoms with Crippen LogP contribution in [0.15, 0.2) is 45.6 Å². The van der Waals surface area contributed by atoms with E-state index in [-0.39, 0.29) is 6.04 Å². The monoisotopic (exact) mass is 382 g/mol. The Kier molecular flexibility index (Phi) is 5.13. The van der Waals surface area contributed by atoms with Crippen molar-refractivity contribution in [2.24, 2.45) is 0 Å². The number of nitrogens with zero attached hydrogens (tertiary/aromatic N) is 1. The van der Waals surface area contributed by atoms with E-state index in [1.807, 2.05) is 13.2 Å².